The highest BCUT2D eigenvalue weighted by Gasteiger charge is 2.16. The molecule has 0 bridgehead atoms. The molecule has 0 aliphatic heterocycles. The van der Waals surface area contributed by atoms with Gasteiger partial charge in [-0.25, -0.2) is 17.6 Å². The van der Waals surface area contributed by atoms with E-state index in [4.69, 9.17) is 0 Å². The van der Waals surface area contributed by atoms with E-state index >= 15 is 0 Å². The van der Waals surface area contributed by atoms with Gasteiger partial charge in [-0.05, 0) is 41.8 Å². The Bertz CT molecular complexity index is 572. The molecular weight excluding hydrogens is 256 g/mol. The van der Waals surface area contributed by atoms with Gasteiger partial charge in [0.25, 0.3) is 0 Å². The van der Waals surface area contributed by atoms with Gasteiger partial charge < -0.3 is 0 Å². The Kier molecular flexibility index (Phi) is 3.88. The Morgan fingerprint density at radius 1 is 0.789 bits per heavy atom. The number of benzene rings is 2. The van der Waals surface area contributed by atoms with Gasteiger partial charge in [0.1, 0.15) is 11.6 Å². The zero-order valence-electron chi connectivity index (χ0n) is 10.3. The van der Waals surface area contributed by atoms with E-state index in [1.807, 2.05) is 6.92 Å². The normalized spacial score (nSPS) is 12.5. The number of halogens is 4. The third-order valence-electron chi connectivity index (χ3n) is 3.04. The van der Waals surface area contributed by atoms with E-state index in [1.165, 1.54) is 18.2 Å². The summed E-state index contributed by atoms with van der Waals surface area (Å²) in [6.45, 7) is 1.81. The monoisotopic (exact) mass is 268 g/mol. The van der Waals surface area contributed by atoms with Gasteiger partial charge in [0.05, 0.1) is 0 Å². The minimum absolute atomic E-state index is 0.375. The topological polar surface area (TPSA) is 0 Å². The molecule has 0 saturated carbocycles. The summed E-state index contributed by atoms with van der Waals surface area (Å²) in [5.74, 6) is -3.65. The first kappa shape index (κ1) is 13.6. The van der Waals surface area contributed by atoms with Crippen LogP contribution in [0.15, 0.2) is 36.4 Å². The van der Waals surface area contributed by atoms with Crippen molar-refractivity contribution in [1.82, 2.24) is 0 Å². The molecule has 19 heavy (non-hydrogen) atoms. The minimum atomic E-state index is -0.965. The van der Waals surface area contributed by atoms with Gasteiger partial charge in [0.15, 0.2) is 11.6 Å². The number of rotatable bonds is 3. The fourth-order valence-corrected chi connectivity index (χ4v) is 2.17. The average molecular weight is 268 g/mol. The van der Waals surface area contributed by atoms with Gasteiger partial charge in [-0.2, -0.15) is 0 Å². The van der Waals surface area contributed by atoms with Crippen LogP contribution in [-0.2, 0) is 0 Å². The van der Waals surface area contributed by atoms with Gasteiger partial charge in [0, 0.05) is 12.0 Å². The first-order chi connectivity index (χ1) is 9.01. The molecule has 0 spiro atoms. The van der Waals surface area contributed by atoms with Crippen molar-refractivity contribution < 1.29 is 17.6 Å². The van der Waals surface area contributed by atoms with Crippen LogP contribution in [0.5, 0.6) is 0 Å². The molecule has 2 aromatic carbocycles. The first-order valence-corrected chi connectivity index (χ1v) is 5.92. The van der Waals surface area contributed by atoms with Gasteiger partial charge in [-0.3, -0.25) is 0 Å². The summed E-state index contributed by atoms with van der Waals surface area (Å²) in [5.41, 5.74) is 0.900. The molecule has 100 valence electrons. The fourth-order valence-electron chi connectivity index (χ4n) is 2.17. The van der Waals surface area contributed by atoms with E-state index in [-0.39, 0.29) is 5.92 Å². The molecule has 2 rings (SSSR count). The molecular formula is C15H12F4. The molecule has 0 saturated heterocycles. The second-order valence-corrected chi connectivity index (χ2v) is 4.34. The van der Waals surface area contributed by atoms with Crippen LogP contribution >= 0.6 is 0 Å². The van der Waals surface area contributed by atoms with E-state index in [0.717, 1.165) is 18.2 Å². The Morgan fingerprint density at radius 3 is 1.95 bits per heavy atom. The van der Waals surface area contributed by atoms with Crippen LogP contribution in [0.3, 0.4) is 0 Å². The summed E-state index contributed by atoms with van der Waals surface area (Å²) in [7, 11) is 0. The molecule has 0 aromatic heterocycles. The summed E-state index contributed by atoms with van der Waals surface area (Å²) in [5, 5.41) is 0. The molecule has 0 nitrogen and oxygen atoms in total. The largest absolute Gasteiger partial charge is 0.207 e. The third-order valence-corrected chi connectivity index (χ3v) is 3.04. The summed E-state index contributed by atoms with van der Waals surface area (Å²) in [6, 6.07) is 6.70. The van der Waals surface area contributed by atoms with Gasteiger partial charge in [-0.15, -0.1) is 0 Å². The molecule has 0 amide bonds. The van der Waals surface area contributed by atoms with Crippen LogP contribution in [0.25, 0.3) is 0 Å². The Morgan fingerprint density at radius 2 is 1.42 bits per heavy atom. The second-order valence-electron chi connectivity index (χ2n) is 4.34. The zero-order valence-corrected chi connectivity index (χ0v) is 10.3. The summed E-state index contributed by atoms with van der Waals surface area (Å²) >= 11 is 0. The van der Waals surface area contributed by atoms with Gasteiger partial charge in [-0.1, -0.05) is 13.0 Å². The maximum atomic E-state index is 13.2. The Hall–Kier alpha value is -1.84. The lowest BCUT2D eigenvalue weighted by Crippen LogP contribution is -2.02. The Balaban J connectivity index is 2.46. The molecule has 0 heterocycles. The predicted octanol–water partition coefficient (Wildman–Crippen LogP) is 4.78. The van der Waals surface area contributed by atoms with Crippen LogP contribution in [0.2, 0.25) is 0 Å². The predicted molar refractivity (Wildman–Crippen MR) is 64.9 cm³/mol. The summed E-state index contributed by atoms with van der Waals surface area (Å²) < 4.78 is 52.5. The van der Waals surface area contributed by atoms with Crippen molar-refractivity contribution in [3.05, 3.63) is 70.8 Å². The van der Waals surface area contributed by atoms with Crippen molar-refractivity contribution in [2.24, 2.45) is 0 Å². The summed E-state index contributed by atoms with van der Waals surface area (Å²) in [6.07, 6.45) is 0.522. The van der Waals surface area contributed by atoms with Gasteiger partial charge in [0.2, 0.25) is 0 Å². The fraction of sp³-hybridized carbons (Fsp3) is 0.200. The van der Waals surface area contributed by atoms with E-state index in [9.17, 15) is 17.6 Å². The van der Waals surface area contributed by atoms with Crippen molar-refractivity contribution in [2.45, 2.75) is 19.3 Å². The second kappa shape index (κ2) is 5.43. The van der Waals surface area contributed by atoms with Crippen LogP contribution in [-0.4, -0.2) is 0 Å². The SMILES string of the molecule is CCC(c1cc(F)cc(F)c1)c1ccc(F)c(F)c1. The van der Waals surface area contributed by atoms with Crippen molar-refractivity contribution in [3.63, 3.8) is 0 Å². The maximum absolute atomic E-state index is 13.2. The van der Waals surface area contributed by atoms with Crippen molar-refractivity contribution in [3.8, 4) is 0 Å². The average Bonchev–Trinajstić information content (AvgIpc) is 2.33. The molecule has 2 aromatic rings. The van der Waals surface area contributed by atoms with Crippen molar-refractivity contribution in [1.29, 1.82) is 0 Å². The lowest BCUT2D eigenvalue weighted by atomic mass is 9.89. The number of hydrogen-bond donors (Lipinski definition) is 0. The lowest BCUT2D eigenvalue weighted by molar-refractivity contribution is 0.505. The molecule has 0 fully saturated rings. The zero-order chi connectivity index (χ0) is 14.0. The quantitative estimate of drug-likeness (QED) is 0.702. The standard InChI is InChI=1S/C15H12F4/c1-2-13(9-3-4-14(18)15(19)7-9)10-5-11(16)8-12(17)6-10/h3-8,13H,2H2,1H3. The van der Waals surface area contributed by atoms with E-state index < -0.39 is 23.3 Å². The molecule has 0 N–H and O–H groups in total. The maximum Gasteiger partial charge on any atom is 0.159 e. The van der Waals surface area contributed by atoms with Crippen molar-refractivity contribution >= 4 is 0 Å². The minimum Gasteiger partial charge on any atom is -0.207 e. The van der Waals surface area contributed by atoms with Crippen LogP contribution in [0, 0.1) is 23.3 Å². The van der Waals surface area contributed by atoms with E-state index in [2.05, 4.69) is 0 Å². The van der Waals surface area contributed by atoms with Gasteiger partial charge >= 0.3 is 0 Å². The van der Waals surface area contributed by atoms with Crippen molar-refractivity contribution in [2.75, 3.05) is 0 Å². The van der Waals surface area contributed by atoms with Crippen LogP contribution < -0.4 is 0 Å². The smallest absolute Gasteiger partial charge is 0.159 e. The van der Waals surface area contributed by atoms with Crippen LogP contribution in [0.1, 0.15) is 30.4 Å². The molecule has 0 radical (unpaired) electrons. The van der Waals surface area contributed by atoms with E-state index in [1.54, 1.807) is 0 Å². The molecule has 4 heteroatoms. The lowest BCUT2D eigenvalue weighted by Gasteiger charge is -2.16. The Labute approximate surface area is 108 Å². The highest BCUT2D eigenvalue weighted by Crippen LogP contribution is 2.29. The first-order valence-electron chi connectivity index (χ1n) is 5.92. The number of hydrogen-bond acceptors (Lipinski definition) is 0. The highest BCUT2D eigenvalue weighted by molar-refractivity contribution is 5.33. The molecule has 0 aliphatic rings. The summed E-state index contributed by atoms with van der Waals surface area (Å²) in [4.78, 5) is 0. The molecule has 1 atom stereocenters. The molecule has 1 unspecified atom stereocenters. The highest BCUT2D eigenvalue weighted by atomic mass is 19.2. The van der Waals surface area contributed by atoms with Crippen LogP contribution in [0.4, 0.5) is 17.6 Å². The third kappa shape index (κ3) is 2.95. The van der Waals surface area contributed by atoms with E-state index in [0.29, 0.717) is 17.5 Å². The molecule has 0 aliphatic carbocycles.